The van der Waals surface area contributed by atoms with Gasteiger partial charge in [-0.3, -0.25) is 4.79 Å². The third-order valence-electron chi connectivity index (χ3n) is 12.6. The van der Waals surface area contributed by atoms with E-state index in [1.807, 2.05) is 170 Å². The van der Waals surface area contributed by atoms with E-state index in [1.165, 1.54) is 23.5 Å². The van der Waals surface area contributed by atoms with E-state index in [9.17, 15) is 19.5 Å². The minimum absolute atomic E-state index is 0.00739. The highest BCUT2D eigenvalue weighted by Crippen LogP contribution is 2.50. The maximum Gasteiger partial charge on any atom is 0.407 e. The molecule has 7 nitrogen and oxygen atoms in total. The molecular weight excluding hydrogens is 881 g/mol. The van der Waals surface area contributed by atoms with Crippen LogP contribution < -0.4 is 10.6 Å². The number of alkyl carbamates (subject to hydrolysis) is 1. The third kappa shape index (κ3) is 9.45. The summed E-state index contributed by atoms with van der Waals surface area (Å²) in [4.78, 5) is 42.5. The number of carbonyl (C=O) groups is 3. The third-order valence-corrected chi connectivity index (χ3v) is 15.9. The molecule has 0 saturated heterocycles. The number of thioether (sulfide) groups is 2. The summed E-state index contributed by atoms with van der Waals surface area (Å²) in [6.07, 6.45) is -0.783. The van der Waals surface area contributed by atoms with Gasteiger partial charge in [-0.05, 0) is 55.6 Å². The standard InChI is InChI=1S/C59H50N2O5S2/c62-55(60-54(56(63)64)41-68-59(45-29-13-4-14-30-45,46-31-15-5-16-32-46)47-33-17-6-18-34-47)53(61-57(65)66-39-52-50-37-21-19-35-48(50)49-36-20-22-38-51(49)52)40-67-58(42-23-7-1-8-24-42,43-25-9-2-10-26-43)44-27-11-3-12-28-44/h1-38,52-54H,39-41H2,(H,60,62)(H,61,65)(H,63,64)/t53-,54-/m0/s1. The van der Waals surface area contributed by atoms with Crippen LogP contribution in [0.25, 0.3) is 11.1 Å². The van der Waals surface area contributed by atoms with Gasteiger partial charge in [-0.2, -0.15) is 0 Å². The minimum atomic E-state index is -1.35. The van der Waals surface area contributed by atoms with Gasteiger partial charge in [0.1, 0.15) is 18.7 Å². The molecule has 0 fully saturated rings. The summed E-state index contributed by atoms with van der Waals surface area (Å²) in [5, 5.41) is 16.7. The summed E-state index contributed by atoms with van der Waals surface area (Å²) < 4.78 is 4.36. The zero-order valence-electron chi connectivity index (χ0n) is 37.2. The first-order valence-corrected chi connectivity index (χ1v) is 24.6. The summed E-state index contributed by atoms with van der Waals surface area (Å²) in [7, 11) is 0. The number of ether oxygens (including phenoxy) is 1. The lowest BCUT2D eigenvalue weighted by Gasteiger charge is -2.37. The van der Waals surface area contributed by atoms with Crippen molar-refractivity contribution in [1.82, 2.24) is 10.6 Å². The highest BCUT2D eigenvalue weighted by atomic mass is 32.2. The number of benzene rings is 8. The van der Waals surface area contributed by atoms with Gasteiger partial charge in [0.25, 0.3) is 0 Å². The van der Waals surface area contributed by atoms with Crippen LogP contribution in [0.2, 0.25) is 0 Å². The zero-order chi connectivity index (χ0) is 46.8. The quantitative estimate of drug-likeness (QED) is 0.0736. The zero-order valence-corrected chi connectivity index (χ0v) is 38.8. The van der Waals surface area contributed by atoms with Crippen LogP contribution in [0.4, 0.5) is 4.79 Å². The van der Waals surface area contributed by atoms with Crippen LogP contribution in [-0.2, 0) is 23.8 Å². The molecular formula is C59H50N2O5S2. The van der Waals surface area contributed by atoms with Crippen molar-refractivity contribution in [1.29, 1.82) is 0 Å². The number of amides is 2. The molecule has 0 aromatic heterocycles. The molecule has 0 unspecified atom stereocenters. The molecule has 2 amide bonds. The highest BCUT2D eigenvalue weighted by Gasteiger charge is 2.41. The van der Waals surface area contributed by atoms with Crippen molar-refractivity contribution in [2.75, 3.05) is 18.1 Å². The van der Waals surface area contributed by atoms with Gasteiger partial charge in [0.15, 0.2) is 0 Å². The number of fused-ring (bicyclic) bond motifs is 3. The number of carboxylic acids is 1. The second kappa shape index (κ2) is 21.1. The van der Waals surface area contributed by atoms with Gasteiger partial charge in [-0.1, -0.05) is 231 Å². The predicted octanol–water partition coefficient (Wildman–Crippen LogP) is 11.9. The van der Waals surface area contributed by atoms with Crippen LogP contribution in [-0.4, -0.2) is 53.3 Å². The molecule has 0 saturated carbocycles. The topological polar surface area (TPSA) is 105 Å². The Morgan fingerprint density at radius 2 is 0.750 bits per heavy atom. The molecule has 1 aliphatic carbocycles. The number of nitrogens with one attached hydrogen (secondary N) is 2. The summed E-state index contributed by atoms with van der Waals surface area (Å²) in [6.45, 7) is 0.0399. The van der Waals surface area contributed by atoms with E-state index in [0.29, 0.717) is 0 Å². The fourth-order valence-corrected chi connectivity index (χ4v) is 12.5. The van der Waals surface area contributed by atoms with E-state index in [0.717, 1.165) is 55.6 Å². The van der Waals surface area contributed by atoms with Crippen molar-refractivity contribution >= 4 is 41.5 Å². The Morgan fingerprint density at radius 1 is 0.441 bits per heavy atom. The molecule has 0 heterocycles. The molecule has 8 aromatic rings. The van der Waals surface area contributed by atoms with E-state index in [4.69, 9.17) is 4.74 Å². The van der Waals surface area contributed by atoms with Crippen LogP contribution in [0.3, 0.4) is 0 Å². The second-order valence-electron chi connectivity index (χ2n) is 16.6. The molecule has 9 heteroatoms. The molecule has 9 rings (SSSR count). The normalized spacial score (nSPS) is 13.1. The maximum atomic E-state index is 15.0. The van der Waals surface area contributed by atoms with Crippen LogP contribution in [0.1, 0.15) is 50.4 Å². The smallest absolute Gasteiger partial charge is 0.407 e. The molecule has 1 aliphatic rings. The van der Waals surface area contributed by atoms with Crippen LogP contribution in [0.5, 0.6) is 0 Å². The SMILES string of the molecule is O=C(N[C@@H](CSC(c1ccccc1)(c1ccccc1)c1ccccc1)C(=O)N[C@@H](CSC(c1ccccc1)(c1ccccc1)c1ccccc1)C(=O)O)OCC1c2ccccc2-c2ccccc21. The molecule has 3 N–H and O–H groups in total. The molecule has 68 heavy (non-hydrogen) atoms. The first kappa shape index (κ1) is 45.8. The Bertz CT molecular complexity index is 2700. The first-order valence-electron chi connectivity index (χ1n) is 22.6. The number of hydrogen-bond acceptors (Lipinski definition) is 6. The van der Waals surface area contributed by atoms with Crippen LogP contribution in [0.15, 0.2) is 231 Å². The summed E-state index contributed by atoms with van der Waals surface area (Å²) in [6, 6.07) is 73.9. The molecule has 2 atom stereocenters. The van der Waals surface area contributed by atoms with E-state index < -0.39 is 39.5 Å². The average molecular weight is 931 g/mol. The van der Waals surface area contributed by atoms with Crippen molar-refractivity contribution in [3.8, 4) is 11.1 Å². The molecule has 0 aliphatic heterocycles. The molecule has 0 radical (unpaired) electrons. The monoisotopic (exact) mass is 930 g/mol. The number of carboxylic acid groups (broad SMARTS) is 1. The lowest BCUT2D eigenvalue weighted by molar-refractivity contribution is -0.141. The largest absolute Gasteiger partial charge is 0.480 e. The van der Waals surface area contributed by atoms with Crippen molar-refractivity contribution in [2.45, 2.75) is 27.5 Å². The van der Waals surface area contributed by atoms with E-state index in [1.54, 1.807) is 0 Å². The van der Waals surface area contributed by atoms with Gasteiger partial charge in [0.05, 0.1) is 9.49 Å². The van der Waals surface area contributed by atoms with Gasteiger partial charge in [0.2, 0.25) is 5.91 Å². The first-order chi connectivity index (χ1) is 33.4. The Morgan fingerprint density at radius 3 is 1.09 bits per heavy atom. The number of hydrogen-bond donors (Lipinski definition) is 3. The van der Waals surface area contributed by atoms with Crippen LogP contribution >= 0.6 is 23.5 Å². The summed E-state index contributed by atoms with van der Waals surface area (Å²) in [5.74, 6) is -2.01. The van der Waals surface area contributed by atoms with Gasteiger partial charge < -0.3 is 20.5 Å². The summed E-state index contributed by atoms with van der Waals surface area (Å²) in [5.41, 5.74) is 10.1. The van der Waals surface area contributed by atoms with Crippen molar-refractivity contribution < 1.29 is 24.2 Å². The number of carbonyl (C=O) groups excluding carboxylic acids is 2. The Balaban J connectivity index is 1.04. The second-order valence-corrected chi connectivity index (χ2v) is 19.1. The lowest BCUT2D eigenvalue weighted by atomic mass is 9.84. The number of aliphatic carboxylic acids is 1. The fraction of sp³-hybridized carbons (Fsp3) is 0.136. The molecule has 0 spiro atoms. The number of rotatable bonds is 18. The Labute approximate surface area is 406 Å². The molecule has 338 valence electrons. The average Bonchev–Trinajstić information content (AvgIpc) is 3.72. The lowest BCUT2D eigenvalue weighted by Crippen LogP contribution is -2.54. The van der Waals surface area contributed by atoms with Gasteiger partial charge >= 0.3 is 12.1 Å². The fourth-order valence-electron chi connectivity index (χ4n) is 9.37. The van der Waals surface area contributed by atoms with E-state index >= 15 is 0 Å². The Hall–Kier alpha value is -7.33. The van der Waals surface area contributed by atoms with Crippen molar-refractivity contribution in [3.05, 3.63) is 275 Å². The molecule has 0 bridgehead atoms. The van der Waals surface area contributed by atoms with Crippen molar-refractivity contribution in [3.63, 3.8) is 0 Å². The molecule has 8 aromatic carbocycles. The highest BCUT2D eigenvalue weighted by molar-refractivity contribution is 8.01. The van der Waals surface area contributed by atoms with Gasteiger partial charge in [-0.15, -0.1) is 23.5 Å². The maximum absolute atomic E-state index is 15.0. The summed E-state index contributed by atoms with van der Waals surface area (Å²) >= 11 is 2.93. The Kier molecular flexibility index (Phi) is 14.2. The van der Waals surface area contributed by atoms with Gasteiger partial charge in [-0.25, -0.2) is 9.59 Å². The minimum Gasteiger partial charge on any atom is -0.480 e. The van der Waals surface area contributed by atoms with Crippen molar-refractivity contribution in [2.24, 2.45) is 0 Å². The van der Waals surface area contributed by atoms with Gasteiger partial charge in [0, 0.05) is 17.4 Å². The van der Waals surface area contributed by atoms with E-state index in [2.05, 4.69) is 71.3 Å². The van der Waals surface area contributed by atoms with Crippen LogP contribution in [0, 0.1) is 0 Å². The van der Waals surface area contributed by atoms with E-state index in [-0.39, 0.29) is 24.0 Å². The predicted molar refractivity (Wildman–Crippen MR) is 275 cm³/mol.